The largest absolute Gasteiger partial charge is 0.463 e. The van der Waals surface area contributed by atoms with E-state index in [0.717, 1.165) is 0 Å². The van der Waals surface area contributed by atoms with Crippen molar-refractivity contribution in [3.63, 3.8) is 0 Å². The number of fused-ring (bicyclic) bond motifs is 2. The minimum Gasteiger partial charge on any atom is -0.463 e. The molecule has 0 N–H and O–H groups in total. The maximum Gasteiger partial charge on any atom is 0.303 e. The normalized spacial score (nSPS) is 33.2. The molecule has 4 aliphatic rings. The lowest BCUT2D eigenvalue weighted by Crippen LogP contribution is -2.65. The molecule has 0 aromatic carbocycles. The first-order valence-electron chi connectivity index (χ1n) is 13.9. The quantitative estimate of drug-likeness (QED) is 0.246. The van der Waals surface area contributed by atoms with Gasteiger partial charge in [0.25, 0.3) is 0 Å². The molecule has 10 atom stereocenters. The number of Topliss-reactive ketones (excluding diaryl/α,β-unsaturated/α-hetero) is 2. The van der Waals surface area contributed by atoms with Gasteiger partial charge >= 0.3 is 35.8 Å². The maximum atomic E-state index is 11.8. The topological polar surface area (TPSA) is 210 Å². The first kappa shape index (κ1) is 34.6. The van der Waals surface area contributed by atoms with E-state index in [1.807, 2.05) is 0 Å². The number of carbonyl (C=O) groups is 8. The zero-order chi connectivity index (χ0) is 32.9. The van der Waals surface area contributed by atoms with Gasteiger partial charge < -0.3 is 37.9 Å². The Kier molecular flexibility index (Phi) is 11.6. The summed E-state index contributed by atoms with van der Waals surface area (Å²) in [6.45, 7) is 6.99. The highest BCUT2D eigenvalue weighted by atomic mass is 16.6. The average molecular weight is 629 g/mol. The van der Waals surface area contributed by atoms with Crippen molar-refractivity contribution in [3.05, 3.63) is 0 Å². The fourth-order valence-corrected chi connectivity index (χ4v) is 5.51. The molecule has 244 valence electrons. The average Bonchev–Trinajstić information content (AvgIpc) is 2.87. The van der Waals surface area contributed by atoms with Gasteiger partial charge in [-0.3, -0.25) is 38.4 Å². The van der Waals surface area contributed by atoms with Gasteiger partial charge in [-0.1, -0.05) is 0 Å². The van der Waals surface area contributed by atoms with Crippen LogP contribution in [-0.2, 0) is 76.3 Å². The summed E-state index contributed by atoms with van der Waals surface area (Å²) in [6, 6.07) is 0. The van der Waals surface area contributed by atoms with Gasteiger partial charge in [0.15, 0.2) is 24.4 Å². The Bertz CT molecular complexity index is 1090. The molecule has 2 saturated heterocycles. The van der Waals surface area contributed by atoms with Crippen LogP contribution < -0.4 is 0 Å². The molecule has 2 aliphatic heterocycles. The van der Waals surface area contributed by atoms with Crippen LogP contribution in [0, 0.1) is 11.8 Å². The fraction of sp³-hybridized carbons (Fsp3) is 0.714. The lowest BCUT2D eigenvalue weighted by atomic mass is 9.72. The second kappa shape index (κ2) is 14.7. The third-order valence-corrected chi connectivity index (χ3v) is 7.25. The Morgan fingerprint density at radius 3 is 1.07 bits per heavy atom. The van der Waals surface area contributed by atoms with Crippen LogP contribution >= 0.6 is 0 Å². The third-order valence-electron chi connectivity index (χ3n) is 7.25. The van der Waals surface area contributed by atoms with Crippen molar-refractivity contribution in [1.82, 2.24) is 0 Å². The van der Waals surface area contributed by atoms with Crippen molar-refractivity contribution in [3.8, 4) is 0 Å². The van der Waals surface area contributed by atoms with E-state index in [4.69, 9.17) is 37.9 Å². The van der Waals surface area contributed by atoms with Crippen LogP contribution in [0.2, 0.25) is 0 Å². The van der Waals surface area contributed by atoms with Crippen molar-refractivity contribution in [1.29, 1.82) is 0 Å². The highest BCUT2D eigenvalue weighted by molar-refractivity contribution is 5.90. The van der Waals surface area contributed by atoms with Gasteiger partial charge in [0.1, 0.15) is 37.0 Å². The first-order valence-corrected chi connectivity index (χ1v) is 13.9. The summed E-state index contributed by atoms with van der Waals surface area (Å²) in [7, 11) is 0. The highest BCUT2D eigenvalue weighted by Crippen LogP contribution is 2.41. The van der Waals surface area contributed by atoms with Gasteiger partial charge in [-0.15, -0.1) is 0 Å². The van der Waals surface area contributed by atoms with Crippen molar-refractivity contribution in [2.24, 2.45) is 11.8 Å². The fourth-order valence-electron chi connectivity index (χ4n) is 5.51. The van der Waals surface area contributed by atoms with Crippen molar-refractivity contribution in [2.45, 2.75) is 103 Å². The maximum absolute atomic E-state index is 11.8. The molecule has 4 rings (SSSR count). The number of ether oxygens (including phenoxy) is 8. The van der Waals surface area contributed by atoms with E-state index in [0.29, 0.717) is 0 Å². The number of hydrogen-bond donors (Lipinski definition) is 0. The molecule has 0 aromatic rings. The third kappa shape index (κ3) is 8.59. The Morgan fingerprint density at radius 1 is 0.523 bits per heavy atom. The Hall–Kier alpha value is -3.92. The lowest BCUT2D eigenvalue weighted by molar-refractivity contribution is -0.245. The van der Waals surface area contributed by atoms with Crippen LogP contribution in [0.1, 0.15) is 54.4 Å². The smallest absolute Gasteiger partial charge is 0.303 e. The van der Waals surface area contributed by atoms with Gasteiger partial charge in [0.2, 0.25) is 0 Å². The number of rotatable bonds is 8. The molecule has 16 heteroatoms. The van der Waals surface area contributed by atoms with Gasteiger partial charge in [-0.05, 0) is 0 Å². The van der Waals surface area contributed by atoms with E-state index in [-0.39, 0.29) is 37.6 Å². The molecule has 2 heterocycles. The summed E-state index contributed by atoms with van der Waals surface area (Å²) >= 11 is 0. The second-order valence-corrected chi connectivity index (χ2v) is 10.7. The Labute approximate surface area is 252 Å². The van der Waals surface area contributed by atoms with Gasteiger partial charge in [0.05, 0.1) is 24.0 Å². The van der Waals surface area contributed by atoms with E-state index in [1.54, 1.807) is 0 Å². The van der Waals surface area contributed by atoms with E-state index in [2.05, 4.69) is 0 Å². The summed E-state index contributed by atoms with van der Waals surface area (Å²) in [6.07, 6.45) is -5.87. The molecule has 0 unspecified atom stereocenters. The summed E-state index contributed by atoms with van der Waals surface area (Å²) in [4.78, 5) is 90.7. The molecule has 0 bridgehead atoms. The SMILES string of the molecule is CC(=O)OC[C@H]1O[C@@H]2CC(=O)[C@@H]2[C@@H](OC(C)=O)[C@@H]1OC(C)=O.CC(=O)OC[C@H]1O[C@@H]2CC(=O)[C@@H]2[C@@H](OC(C)=O)[C@@H]1OC(C)=O. The van der Waals surface area contributed by atoms with Crippen molar-refractivity contribution in [2.75, 3.05) is 13.2 Å². The first-order chi connectivity index (χ1) is 20.6. The molecule has 0 aromatic heterocycles. The van der Waals surface area contributed by atoms with Gasteiger partial charge in [-0.2, -0.15) is 0 Å². The van der Waals surface area contributed by atoms with E-state index in [9.17, 15) is 38.4 Å². The number of esters is 6. The lowest BCUT2D eigenvalue weighted by Gasteiger charge is -2.49. The summed E-state index contributed by atoms with van der Waals surface area (Å²) in [5.74, 6) is -4.94. The zero-order valence-corrected chi connectivity index (χ0v) is 25.1. The molecule has 4 fully saturated rings. The molecule has 0 amide bonds. The van der Waals surface area contributed by atoms with Gasteiger partial charge in [0, 0.05) is 54.4 Å². The van der Waals surface area contributed by atoms with Crippen LogP contribution in [0.25, 0.3) is 0 Å². The van der Waals surface area contributed by atoms with E-state index < -0.39 is 96.5 Å². The number of ketones is 2. The molecular weight excluding hydrogens is 592 g/mol. The number of carbonyl (C=O) groups excluding carboxylic acids is 8. The molecular formula is C28H36O16. The second-order valence-electron chi connectivity index (χ2n) is 10.7. The van der Waals surface area contributed by atoms with E-state index >= 15 is 0 Å². The number of hydrogen-bond acceptors (Lipinski definition) is 16. The molecule has 0 spiro atoms. The minimum atomic E-state index is -0.994. The molecule has 2 saturated carbocycles. The standard InChI is InChI=1S/2C14H18O8/c2*1-6(15)19-5-11-13(20-7(2)16)14(21-8(3)17)12-9(18)4-10(12)22-11/h2*10-14H,4-5H2,1-3H3/t2*10-,11-,12+,13-,14-/m11/s1. The Morgan fingerprint density at radius 2 is 0.818 bits per heavy atom. The monoisotopic (exact) mass is 628 g/mol. The summed E-state index contributed by atoms with van der Waals surface area (Å²) in [5.41, 5.74) is 0. The van der Waals surface area contributed by atoms with Crippen LogP contribution in [0.3, 0.4) is 0 Å². The predicted molar refractivity (Wildman–Crippen MR) is 139 cm³/mol. The van der Waals surface area contributed by atoms with E-state index in [1.165, 1.54) is 41.5 Å². The highest BCUT2D eigenvalue weighted by Gasteiger charge is 2.59. The Balaban J connectivity index is 0.000000240. The summed E-state index contributed by atoms with van der Waals surface area (Å²) in [5, 5.41) is 0. The molecule has 0 radical (unpaired) electrons. The van der Waals surface area contributed by atoms with Crippen LogP contribution in [-0.4, -0.2) is 109 Å². The molecule has 16 nitrogen and oxygen atoms in total. The predicted octanol–water partition coefficient (Wildman–Crippen LogP) is -0.461. The molecule has 44 heavy (non-hydrogen) atoms. The van der Waals surface area contributed by atoms with Crippen LogP contribution in [0.15, 0.2) is 0 Å². The van der Waals surface area contributed by atoms with Crippen LogP contribution in [0.4, 0.5) is 0 Å². The van der Waals surface area contributed by atoms with Crippen LogP contribution in [0.5, 0.6) is 0 Å². The minimum absolute atomic E-state index is 0.112. The van der Waals surface area contributed by atoms with Crippen molar-refractivity contribution < 1.29 is 76.3 Å². The van der Waals surface area contributed by atoms with Gasteiger partial charge in [-0.25, -0.2) is 0 Å². The zero-order valence-electron chi connectivity index (χ0n) is 25.1. The molecule has 2 aliphatic carbocycles. The van der Waals surface area contributed by atoms with Crippen molar-refractivity contribution >= 4 is 47.4 Å². The summed E-state index contributed by atoms with van der Waals surface area (Å²) < 4.78 is 41.8.